The van der Waals surface area contributed by atoms with Gasteiger partial charge in [0.15, 0.2) is 4.80 Å². The zero-order valence-electron chi connectivity index (χ0n) is 20.2. The third-order valence-corrected chi connectivity index (χ3v) is 10.3. The summed E-state index contributed by atoms with van der Waals surface area (Å²) < 4.78 is 40.7. The van der Waals surface area contributed by atoms with Gasteiger partial charge in [-0.05, 0) is 56.3 Å². The highest BCUT2D eigenvalue weighted by Crippen LogP contribution is 2.27. The van der Waals surface area contributed by atoms with Crippen LogP contribution in [0.5, 0.6) is 0 Å². The van der Waals surface area contributed by atoms with Crippen molar-refractivity contribution in [1.29, 1.82) is 0 Å². The van der Waals surface area contributed by atoms with Crippen LogP contribution in [0.2, 0.25) is 0 Å². The maximum Gasteiger partial charge on any atom is 0.338 e. The lowest BCUT2D eigenvalue weighted by atomic mass is 9.98. The Morgan fingerprint density at radius 3 is 2.58 bits per heavy atom. The van der Waals surface area contributed by atoms with Crippen LogP contribution in [0.4, 0.5) is 0 Å². The molecule has 0 spiro atoms. The highest BCUT2D eigenvalue weighted by atomic mass is 32.2. The second-order valence-corrected chi connectivity index (χ2v) is 12.3. The molecular weight excluding hydrogens is 522 g/mol. The monoisotopic (exact) mass is 551 g/mol. The van der Waals surface area contributed by atoms with Gasteiger partial charge >= 0.3 is 5.97 Å². The number of sulfonamides is 1. The minimum absolute atomic E-state index is 0.259. The molecule has 1 aromatic carbocycles. The number of hydrogen-bond donors (Lipinski definition) is 0. The number of thiophene rings is 1. The number of carbonyl (C=O) groups is 2. The van der Waals surface area contributed by atoms with Gasteiger partial charge in [0, 0.05) is 32.2 Å². The molecule has 3 heterocycles. The number of aromatic nitrogens is 1. The van der Waals surface area contributed by atoms with Crippen LogP contribution in [0.25, 0.3) is 10.2 Å². The van der Waals surface area contributed by atoms with Crippen molar-refractivity contribution in [1.82, 2.24) is 8.87 Å². The van der Waals surface area contributed by atoms with Crippen molar-refractivity contribution in [3.8, 4) is 0 Å². The van der Waals surface area contributed by atoms with Gasteiger partial charge in [0.1, 0.15) is 4.21 Å². The third-order valence-electron chi connectivity index (χ3n) is 5.96. The average Bonchev–Trinajstić information content (AvgIpc) is 3.53. The Kier molecular flexibility index (Phi) is 8.73. The molecule has 0 N–H and O–H groups in total. The maximum absolute atomic E-state index is 13.1. The smallest absolute Gasteiger partial charge is 0.338 e. The normalized spacial score (nSPS) is 16.0. The summed E-state index contributed by atoms with van der Waals surface area (Å²) in [7, 11) is -3.52. The standard InChI is InChI=1S/C24H29N3O6S3/c1-3-32-14-13-27-19-8-7-18(23(29)33-4-2)16-20(19)35-24(27)25-22(28)17-9-11-26(12-10-17)36(30,31)21-6-5-15-34-21/h5-8,15-17H,3-4,9-14H2,1-2H3. The Morgan fingerprint density at radius 1 is 1.14 bits per heavy atom. The van der Waals surface area contributed by atoms with Gasteiger partial charge in [-0.3, -0.25) is 4.79 Å². The van der Waals surface area contributed by atoms with Crippen molar-refractivity contribution in [3.63, 3.8) is 0 Å². The number of fused-ring (bicyclic) bond motifs is 1. The zero-order chi connectivity index (χ0) is 25.7. The van der Waals surface area contributed by atoms with Crippen LogP contribution in [0.3, 0.4) is 0 Å². The SMILES string of the molecule is CCOCCn1c(=NC(=O)C2CCN(S(=O)(=O)c3cccs3)CC2)sc2cc(C(=O)OCC)ccc21. The molecule has 0 radical (unpaired) electrons. The minimum Gasteiger partial charge on any atom is -0.462 e. The molecule has 0 atom stereocenters. The van der Waals surface area contributed by atoms with Gasteiger partial charge < -0.3 is 14.0 Å². The first-order valence-corrected chi connectivity index (χ1v) is 15.0. The van der Waals surface area contributed by atoms with Crippen molar-refractivity contribution >= 4 is 54.8 Å². The van der Waals surface area contributed by atoms with Crippen molar-refractivity contribution < 1.29 is 27.5 Å². The molecule has 2 aromatic heterocycles. The van der Waals surface area contributed by atoms with Crippen LogP contribution >= 0.6 is 22.7 Å². The first-order valence-electron chi connectivity index (χ1n) is 11.9. The third kappa shape index (κ3) is 5.78. The Hall–Kier alpha value is -2.38. The van der Waals surface area contributed by atoms with Gasteiger partial charge in [0.05, 0.1) is 29.0 Å². The summed E-state index contributed by atoms with van der Waals surface area (Å²) in [6.07, 6.45) is 0.841. The Morgan fingerprint density at radius 2 is 1.92 bits per heavy atom. The van der Waals surface area contributed by atoms with E-state index in [0.717, 1.165) is 10.2 Å². The number of amides is 1. The number of thiazole rings is 1. The molecular formula is C24H29N3O6S3. The van der Waals surface area contributed by atoms with E-state index in [0.29, 0.717) is 47.2 Å². The van der Waals surface area contributed by atoms with Gasteiger partial charge in [-0.25, -0.2) is 13.2 Å². The molecule has 3 aromatic rings. The lowest BCUT2D eigenvalue weighted by Crippen LogP contribution is -2.40. The van der Waals surface area contributed by atoms with Crippen LogP contribution in [0.15, 0.2) is 44.9 Å². The summed E-state index contributed by atoms with van der Waals surface area (Å²) in [4.78, 5) is 30.3. The lowest BCUT2D eigenvalue weighted by Gasteiger charge is -2.29. The largest absolute Gasteiger partial charge is 0.462 e. The number of esters is 1. The van der Waals surface area contributed by atoms with E-state index in [1.165, 1.54) is 27.0 Å². The van der Waals surface area contributed by atoms with Crippen LogP contribution in [0, 0.1) is 5.92 Å². The molecule has 0 saturated carbocycles. The van der Waals surface area contributed by atoms with Crippen molar-refractivity contribution in [2.45, 2.75) is 37.4 Å². The number of nitrogens with zero attached hydrogens (tertiary/aromatic N) is 3. The zero-order valence-corrected chi connectivity index (χ0v) is 22.7. The number of hydrogen-bond acceptors (Lipinski definition) is 8. The van der Waals surface area contributed by atoms with E-state index in [1.54, 1.807) is 36.6 Å². The van der Waals surface area contributed by atoms with E-state index in [2.05, 4.69) is 4.99 Å². The molecule has 1 amide bonds. The number of rotatable bonds is 9. The van der Waals surface area contributed by atoms with E-state index >= 15 is 0 Å². The van der Waals surface area contributed by atoms with Gasteiger partial charge in [0.25, 0.3) is 15.9 Å². The van der Waals surface area contributed by atoms with Crippen molar-refractivity contribution in [2.75, 3.05) is 32.9 Å². The average molecular weight is 552 g/mol. The van der Waals surface area contributed by atoms with Crippen LogP contribution in [0.1, 0.15) is 37.0 Å². The quantitative estimate of drug-likeness (QED) is 0.298. The molecule has 1 aliphatic heterocycles. The van der Waals surface area contributed by atoms with Gasteiger partial charge in [-0.1, -0.05) is 17.4 Å². The summed E-state index contributed by atoms with van der Waals surface area (Å²) >= 11 is 2.53. The van der Waals surface area contributed by atoms with E-state index in [1.807, 2.05) is 17.6 Å². The topological polar surface area (TPSA) is 107 Å². The number of ether oxygens (including phenoxy) is 2. The predicted molar refractivity (Wildman–Crippen MR) is 139 cm³/mol. The first kappa shape index (κ1) is 26.7. The molecule has 12 heteroatoms. The van der Waals surface area contributed by atoms with Gasteiger partial charge in [-0.2, -0.15) is 9.30 Å². The van der Waals surface area contributed by atoms with E-state index in [9.17, 15) is 18.0 Å². The van der Waals surface area contributed by atoms with E-state index in [-0.39, 0.29) is 31.5 Å². The van der Waals surface area contributed by atoms with Gasteiger partial charge in [-0.15, -0.1) is 11.3 Å². The fraction of sp³-hybridized carbons (Fsp3) is 0.458. The molecule has 0 unspecified atom stereocenters. The fourth-order valence-electron chi connectivity index (χ4n) is 4.08. The second-order valence-electron chi connectivity index (χ2n) is 8.20. The second kappa shape index (κ2) is 11.8. The molecule has 1 saturated heterocycles. The van der Waals surface area contributed by atoms with Crippen LogP contribution in [-0.4, -0.2) is 62.1 Å². The highest BCUT2D eigenvalue weighted by molar-refractivity contribution is 7.91. The van der Waals surface area contributed by atoms with Gasteiger partial charge in [0.2, 0.25) is 0 Å². The summed E-state index contributed by atoms with van der Waals surface area (Å²) in [5.41, 5.74) is 1.30. The van der Waals surface area contributed by atoms with Crippen molar-refractivity contribution in [3.05, 3.63) is 46.1 Å². The van der Waals surface area contributed by atoms with Crippen LogP contribution in [-0.2, 0) is 30.8 Å². The maximum atomic E-state index is 13.1. The Bertz CT molecular complexity index is 1380. The Labute approximate surface area is 218 Å². The number of carbonyl (C=O) groups excluding carboxylic acids is 2. The first-order chi connectivity index (χ1) is 17.3. The molecule has 194 valence electrons. The fourth-order valence-corrected chi connectivity index (χ4v) is 7.80. The number of piperidine rings is 1. The van der Waals surface area contributed by atoms with E-state index in [4.69, 9.17) is 9.47 Å². The summed E-state index contributed by atoms with van der Waals surface area (Å²) in [5.74, 6) is -1.00. The predicted octanol–water partition coefficient (Wildman–Crippen LogP) is 3.51. The molecule has 4 rings (SSSR count). The molecule has 0 bridgehead atoms. The molecule has 1 fully saturated rings. The summed E-state index contributed by atoms with van der Waals surface area (Å²) in [5, 5.41) is 1.74. The molecule has 9 nitrogen and oxygen atoms in total. The Balaban J connectivity index is 1.56. The summed E-state index contributed by atoms with van der Waals surface area (Å²) in [6.45, 7) is 6.08. The summed E-state index contributed by atoms with van der Waals surface area (Å²) in [6, 6.07) is 8.62. The van der Waals surface area contributed by atoms with Crippen molar-refractivity contribution in [2.24, 2.45) is 10.9 Å². The minimum atomic E-state index is -3.52. The molecule has 36 heavy (non-hydrogen) atoms. The molecule has 0 aliphatic carbocycles. The highest BCUT2D eigenvalue weighted by Gasteiger charge is 2.32. The molecule has 1 aliphatic rings. The van der Waals surface area contributed by atoms with Crippen LogP contribution < -0.4 is 4.80 Å². The lowest BCUT2D eigenvalue weighted by molar-refractivity contribution is -0.122. The number of benzene rings is 1. The van der Waals surface area contributed by atoms with E-state index < -0.39 is 16.0 Å².